The van der Waals surface area contributed by atoms with Crippen LogP contribution in [0.3, 0.4) is 0 Å². The average Bonchev–Trinajstić information content (AvgIpc) is 3.22. The van der Waals surface area contributed by atoms with E-state index in [2.05, 4.69) is 34.2 Å². The van der Waals surface area contributed by atoms with Crippen LogP contribution in [0.1, 0.15) is 15.9 Å². The fourth-order valence-corrected chi connectivity index (χ4v) is 4.17. The van der Waals surface area contributed by atoms with Gasteiger partial charge in [-0.05, 0) is 36.8 Å². The van der Waals surface area contributed by atoms with Crippen LogP contribution >= 0.6 is 11.8 Å². The van der Waals surface area contributed by atoms with Gasteiger partial charge in [0.1, 0.15) is 5.75 Å². The summed E-state index contributed by atoms with van der Waals surface area (Å²) in [6.07, 6.45) is 0. The standard InChI is InChI=1S/C22H24N4O3S/c1-16-5-3-7-18(13-16)26-21(25-9-11-29-12-10-25)23-24-22(26)30-15-20(27)17-6-4-8-19(14-17)28-2/h3-8,13-14H,9-12,15H2,1-2H3. The minimum absolute atomic E-state index is 0.0191. The van der Waals surface area contributed by atoms with E-state index in [9.17, 15) is 4.79 Å². The first-order valence-corrected chi connectivity index (χ1v) is 10.8. The summed E-state index contributed by atoms with van der Waals surface area (Å²) >= 11 is 1.39. The Labute approximate surface area is 180 Å². The van der Waals surface area contributed by atoms with E-state index < -0.39 is 0 Å². The van der Waals surface area contributed by atoms with Crippen molar-refractivity contribution in [2.75, 3.05) is 44.1 Å². The highest BCUT2D eigenvalue weighted by Crippen LogP contribution is 2.28. The number of morpholine rings is 1. The average molecular weight is 425 g/mol. The molecule has 1 aliphatic heterocycles. The number of carbonyl (C=O) groups excluding carboxylic acids is 1. The highest BCUT2D eigenvalue weighted by atomic mass is 32.2. The lowest BCUT2D eigenvalue weighted by atomic mass is 10.1. The summed E-state index contributed by atoms with van der Waals surface area (Å²) < 4.78 is 12.7. The molecule has 0 aliphatic carbocycles. The molecule has 7 nitrogen and oxygen atoms in total. The summed E-state index contributed by atoms with van der Waals surface area (Å²) in [5.41, 5.74) is 2.76. The number of anilines is 1. The van der Waals surface area contributed by atoms with Crippen LogP contribution in [-0.4, -0.2) is 59.7 Å². The van der Waals surface area contributed by atoms with Crippen molar-refractivity contribution in [3.8, 4) is 11.4 Å². The number of thioether (sulfide) groups is 1. The lowest BCUT2D eigenvalue weighted by Crippen LogP contribution is -2.37. The number of nitrogens with zero attached hydrogens (tertiary/aromatic N) is 4. The molecule has 2 aromatic carbocycles. The van der Waals surface area contributed by atoms with Crippen LogP contribution in [0.15, 0.2) is 53.7 Å². The fourth-order valence-electron chi connectivity index (χ4n) is 3.33. The smallest absolute Gasteiger partial charge is 0.232 e. The van der Waals surface area contributed by atoms with Gasteiger partial charge in [0, 0.05) is 18.7 Å². The molecule has 0 bridgehead atoms. The lowest BCUT2D eigenvalue weighted by Gasteiger charge is -2.28. The molecule has 4 rings (SSSR count). The maximum absolute atomic E-state index is 12.7. The van der Waals surface area contributed by atoms with E-state index in [4.69, 9.17) is 9.47 Å². The normalized spacial score (nSPS) is 14.0. The zero-order valence-electron chi connectivity index (χ0n) is 17.1. The molecule has 0 N–H and O–H groups in total. The quantitative estimate of drug-likeness (QED) is 0.425. The summed E-state index contributed by atoms with van der Waals surface area (Å²) in [6, 6.07) is 15.4. The van der Waals surface area contributed by atoms with Crippen LogP contribution in [0, 0.1) is 6.92 Å². The van der Waals surface area contributed by atoms with E-state index in [1.54, 1.807) is 19.2 Å². The monoisotopic (exact) mass is 424 g/mol. The van der Waals surface area contributed by atoms with Gasteiger partial charge in [-0.25, -0.2) is 0 Å². The lowest BCUT2D eigenvalue weighted by molar-refractivity contribution is 0.102. The maximum Gasteiger partial charge on any atom is 0.232 e. The molecule has 3 aromatic rings. The summed E-state index contributed by atoms with van der Waals surface area (Å²) in [6.45, 7) is 4.91. The number of benzene rings is 2. The van der Waals surface area contributed by atoms with Crippen molar-refractivity contribution in [1.29, 1.82) is 0 Å². The Morgan fingerprint density at radius 3 is 2.70 bits per heavy atom. The van der Waals surface area contributed by atoms with Crippen LogP contribution in [0.25, 0.3) is 5.69 Å². The van der Waals surface area contributed by atoms with Crippen LogP contribution in [0.4, 0.5) is 5.95 Å². The topological polar surface area (TPSA) is 69.5 Å². The van der Waals surface area contributed by atoms with Gasteiger partial charge >= 0.3 is 0 Å². The van der Waals surface area contributed by atoms with Gasteiger partial charge in [0.15, 0.2) is 10.9 Å². The second-order valence-corrected chi connectivity index (χ2v) is 7.94. The molecule has 0 saturated carbocycles. The number of Topliss-reactive ketones (excluding diaryl/α,β-unsaturated/α-hetero) is 1. The Balaban J connectivity index is 1.61. The molecule has 0 unspecified atom stereocenters. The van der Waals surface area contributed by atoms with E-state index in [0.717, 1.165) is 30.3 Å². The Morgan fingerprint density at radius 2 is 1.93 bits per heavy atom. The summed E-state index contributed by atoms with van der Waals surface area (Å²) in [4.78, 5) is 14.9. The number of ether oxygens (including phenoxy) is 2. The van der Waals surface area contributed by atoms with Gasteiger partial charge in [0.25, 0.3) is 0 Å². The van der Waals surface area contributed by atoms with Crippen LogP contribution < -0.4 is 9.64 Å². The number of aryl methyl sites for hydroxylation is 1. The third kappa shape index (κ3) is 4.49. The number of carbonyl (C=O) groups is 1. The van der Waals surface area contributed by atoms with Crippen molar-refractivity contribution < 1.29 is 14.3 Å². The van der Waals surface area contributed by atoms with Gasteiger partial charge in [-0.1, -0.05) is 36.0 Å². The number of methoxy groups -OCH3 is 1. The van der Waals surface area contributed by atoms with E-state index in [-0.39, 0.29) is 11.5 Å². The SMILES string of the molecule is COc1cccc(C(=O)CSc2nnc(N3CCOCC3)n2-c2cccc(C)c2)c1. The van der Waals surface area contributed by atoms with Gasteiger partial charge in [0.05, 0.1) is 31.8 Å². The van der Waals surface area contributed by atoms with E-state index in [1.165, 1.54) is 11.8 Å². The van der Waals surface area contributed by atoms with E-state index in [0.29, 0.717) is 29.7 Å². The molecule has 0 spiro atoms. The largest absolute Gasteiger partial charge is 0.497 e. The van der Waals surface area contributed by atoms with E-state index >= 15 is 0 Å². The Kier molecular flexibility index (Phi) is 6.35. The molecular formula is C22H24N4O3S. The molecule has 156 valence electrons. The predicted octanol–water partition coefficient (Wildman–Crippen LogP) is 3.40. The molecule has 8 heteroatoms. The fraction of sp³-hybridized carbons (Fsp3) is 0.318. The minimum Gasteiger partial charge on any atom is -0.497 e. The first kappa shape index (κ1) is 20.4. The van der Waals surface area contributed by atoms with Crippen LogP contribution in [0.5, 0.6) is 5.75 Å². The predicted molar refractivity (Wildman–Crippen MR) is 117 cm³/mol. The molecule has 0 radical (unpaired) electrons. The van der Waals surface area contributed by atoms with Crippen LogP contribution in [-0.2, 0) is 4.74 Å². The number of hydrogen-bond acceptors (Lipinski definition) is 7. The summed E-state index contributed by atoms with van der Waals surface area (Å²) in [5, 5.41) is 9.56. The number of ketones is 1. The van der Waals surface area contributed by atoms with E-state index in [1.807, 2.05) is 28.8 Å². The Hall–Kier alpha value is -2.84. The third-order valence-corrected chi connectivity index (χ3v) is 5.82. The first-order chi connectivity index (χ1) is 14.7. The van der Waals surface area contributed by atoms with Crippen molar-refractivity contribution in [2.24, 2.45) is 0 Å². The molecule has 1 aliphatic rings. The zero-order valence-corrected chi connectivity index (χ0v) is 17.9. The van der Waals surface area contributed by atoms with Crippen molar-refractivity contribution in [2.45, 2.75) is 12.1 Å². The zero-order chi connectivity index (χ0) is 20.9. The molecule has 1 fully saturated rings. The van der Waals surface area contributed by atoms with Gasteiger partial charge in [-0.15, -0.1) is 10.2 Å². The second-order valence-electron chi connectivity index (χ2n) is 7.00. The number of aromatic nitrogens is 3. The van der Waals surface area contributed by atoms with Crippen molar-refractivity contribution in [3.63, 3.8) is 0 Å². The Bertz CT molecular complexity index is 1030. The Morgan fingerprint density at radius 1 is 1.13 bits per heavy atom. The van der Waals surface area contributed by atoms with Gasteiger partial charge in [-0.2, -0.15) is 0 Å². The van der Waals surface area contributed by atoms with Crippen molar-refractivity contribution in [3.05, 3.63) is 59.7 Å². The van der Waals surface area contributed by atoms with Crippen molar-refractivity contribution in [1.82, 2.24) is 14.8 Å². The minimum atomic E-state index is 0.0191. The van der Waals surface area contributed by atoms with Gasteiger partial charge in [-0.3, -0.25) is 9.36 Å². The number of rotatable bonds is 7. The molecule has 0 atom stereocenters. The highest BCUT2D eigenvalue weighted by molar-refractivity contribution is 7.99. The van der Waals surface area contributed by atoms with Gasteiger partial charge in [0.2, 0.25) is 5.95 Å². The third-order valence-electron chi connectivity index (χ3n) is 4.89. The summed E-state index contributed by atoms with van der Waals surface area (Å²) in [7, 11) is 1.59. The first-order valence-electron chi connectivity index (χ1n) is 9.81. The second kappa shape index (κ2) is 9.32. The molecule has 1 saturated heterocycles. The molecule has 1 aromatic heterocycles. The maximum atomic E-state index is 12.7. The summed E-state index contributed by atoms with van der Waals surface area (Å²) in [5.74, 6) is 1.73. The molecule has 2 heterocycles. The highest BCUT2D eigenvalue weighted by Gasteiger charge is 2.22. The van der Waals surface area contributed by atoms with Crippen LogP contribution in [0.2, 0.25) is 0 Å². The number of hydrogen-bond donors (Lipinski definition) is 0. The van der Waals surface area contributed by atoms with Crippen molar-refractivity contribution >= 4 is 23.5 Å². The van der Waals surface area contributed by atoms with Gasteiger partial charge < -0.3 is 14.4 Å². The molecule has 0 amide bonds. The molecular weight excluding hydrogens is 400 g/mol. The molecule has 30 heavy (non-hydrogen) atoms.